The second-order valence-corrected chi connectivity index (χ2v) is 4.54. The number of halogens is 1. The summed E-state index contributed by atoms with van der Waals surface area (Å²) in [6.45, 7) is 1.74. The molecule has 0 radical (unpaired) electrons. The molecule has 0 aliphatic carbocycles. The number of carboxylic acids is 1. The Balaban J connectivity index is 2.12. The number of hydrogen-bond donors (Lipinski definition) is 2. The third-order valence-corrected chi connectivity index (χ3v) is 3.05. The lowest BCUT2D eigenvalue weighted by Gasteiger charge is -2.06. The maximum atomic E-state index is 13.6. The van der Waals surface area contributed by atoms with Gasteiger partial charge in [0.2, 0.25) is 0 Å². The molecular weight excluding hydrogens is 287 g/mol. The van der Waals surface area contributed by atoms with Gasteiger partial charge < -0.3 is 9.84 Å². The van der Waals surface area contributed by atoms with Crippen LogP contribution in [0.3, 0.4) is 0 Å². The van der Waals surface area contributed by atoms with Crippen molar-refractivity contribution in [2.24, 2.45) is 5.10 Å². The van der Waals surface area contributed by atoms with Gasteiger partial charge in [0.15, 0.2) is 11.6 Å². The second kappa shape index (κ2) is 6.71. The number of ether oxygens (including phenoxy) is 1. The molecule has 0 aromatic heterocycles. The van der Waals surface area contributed by atoms with Gasteiger partial charge in [-0.15, -0.1) is 0 Å². The van der Waals surface area contributed by atoms with Crippen molar-refractivity contribution in [1.29, 1.82) is 0 Å². The predicted molar refractivity (Wildman–Crippen MR) is 82.2 cm³/mol. The molecule has 0 aliphatic heterocycles. The van der Waals surface area contributed by atoms with E-state index in [4.69, 9.17) is 9.84 Å². The molecule has 0 spiro atoms. The monoisotopic (exact) mass is 302 g/mol. The van der Waals surface area contributed by atoms with Crippen LogP contribution >= 0.6 is 0 Å². The van der Waals surface area contributed by atoms with Crippen molar-refractivity contribution < 1.29 is 19.0 Å². The zero-order chi connectivity index (χ0) is 16.1. The van der Waals surface area contributed by atoms with Gasteiger partial charge in [-0.05, 0) is 49.4 Å². The molecule has 0 atom stereocenters. The third-order valence-electron chi connectivity index (χ3n) is 3.05. The van der Waals surface area contributed by atoms with Crippen LogP contribution in [0.15, 0.2) is 47.6 Å². The smallest absolute Gasteiger partial charge is 0.335 e. The van der Waals surface area contributed by atoms with Crippen LogP contribution in [0.25, 0.3) is 0 Å². The molecule has 0 amide bonds. The molecule has 0 fully saturated rings. The first kappa shape index (κ1) is 15.5. The maximum Gasteiger partial charge on any atom is 0.335 e. The number of hydrogen-bond acceptors (Lipinski definition) is 4. The molecule has 0 bridgehead atoms. The van der Waals surface area contributed by atoms with Gasteiger partial charge in [0, 0.05) is 5.56 Å². The number of nitrogens with one attached hydrogen (secondary N) is 1. The Morgan fingerprint density at radius 2 is 1.82 bits per heavy atom. The Labute approximate surface area is 127 Å². The average molecular weight is 302 g/mol. The van der Waals surface area contributed by atoms with Gasteiger partial charge in [-0.1, -0.05) is 0 Å². The summed E-state index contributed by atoms with van der Waals surface area (Å²) < 4.78 is 18.5. The largest absolute Gasteiger partial charge is 0.494 e. The highest BCUT2D eigenvalue weighted by Gasteiger charge is 2.06. The van der Waals surface area contributed by atoms with E-state index in [-0.39, 0.29) is 11.3 Å². The molecule has 0 aliphatic rings. The fourth-order valence-electron chi connectivity index (χ4n) is 1.79. The van der Waals surface area contributed by atoms with Crippen molar-refractivity contribution in [3.8, 4) is 5.75 Å². The van der Waals surface area contributed by atoms with Crippen molar-refractivity contribution in [1.82, 2.24) is 0 Å². The van der Waals surface area contributed by atoms with Gasteiger partial charge in [0.05, 0.1) is 24.1 Å². The van der Waals surface area contributed by atoms with Crippen LogP contribution < -0.4 is 10.2 Å². The summed E-state index contributed by atoms with van der Waals surface area (Å²) in [4.78, 5) is 10.8. The fraction of sp³-hybridized carbons (Fsp3) is 0.125. The van der Waals surface area contributed by atoms with E-state index in [9.17, 15) is 9.18 Å². The van der Waals surface area contributed by atoms with Gasteiger partial charge in [-0.3, -0.25) is 5.43 Å². The first-order chi connectivity index (χ1) is 10.5. The number of anilines is 1. The number of nitrogens with zero attached hydrogens (tertiary/aromatic N) is 1. The van der Waals surface area contributed by atoms with Crippen LogP contribution in [-0.4, -0.2) is 23.9 Å². The Morgan fingerprint density at radius 1 is 1.18 bits per heavy atom. The van der Waals surface area contributed by atoms with Crippen LogP contribution in [0.4, 0.5) is 10.1 Å². The van der Waals surface area contributed by atoms with Crippen LogP contribution in [0.1, 0.15) is 22.8 Å². The summed E-state index contributed by atoms with van der Waals surface area (Å²) in [6, 6.07) is 10.7. The van der Waals surface area contributed by atoms with Crippen molar-refractivity contribution in [2.75, 3.05) is 12.5 Å². The minimum absolute atomic E-state index is 0.175. The number of aromatic carboxylic acids is 1. The van der Waals surface area contributed by atoms with Gasteiger partial charge in [0.1, 0.15) is 0 Å². The molecule has 6 heteroatoms. The van der Waals surface area contributed by atoms with Gasteiger partial charge in [-0.25, -0.2) is 9.18 Å². The normalized spacial score (nSPS) is 11.1. The molecule has 5 nitrogen and oxygen atoms in total. The molecule has 0 saturated carbocycles. The minimum atomic E-state index is -0.986. The van der Waals surface area contributed by atoms with Crippen molar-refractivity contribution >= 4 is 17.4 Å². The Kier molecular flexibility index (Phi) is 4.73. The van der Waals surface area contributed by atoms with Crippen LogP contribution in [-0.2, 0) is 0 Å². The first-order valence-corrected chi connectivity index (χ1v) is 6.49. The number of carbonyl (C=O) groups is 1. The molecule has 2 aromatic carbocycles. The van der Waals surface area contributed by atoms with E-state index in [1.807, 2.05) is 0 Å². The number of rotatable bonds is 5. The lowest BCUT2D eigenvalue weighted by atomic mass is 10.1. The maximum absolute atomic E-state index is 13.6. The fourth-order valence-corrected chi connectivity index (χ4v) is 1.79. The van der Waals surface area contributed by atoms with Crippen molar-refractivity contribution in [3.63, 3.8) is 0 Å². The van der Waals surface area contributed by atoms with Crippen molar-refractivity contribution in [3.05, 3.63) is 59.4 Å². The minimum Gasteiger partial charge on any atom is -0.494 e. The molecule has 0 saturated heterocycles. The van der Waals surface area contributed by atoms with E-state index >= 15 is 0 Å². The summed E-state index contributed by atoms with van der Waals surface area (Å²) in [5.41, 5.74) is 4.84. The summed E-state index contributed by atoms with van der Waals surface area (Å²) >= 11 is 0. The Bertz CT molecular complexity index is 712. The topological polar surface area (TPSA) is 70.9 Å². The predicted octanol–water partition coefficient (Wildman–Crippen LogP) is 3.37. The average Bonchev–Trinajstić information content (AvgIpc) is 2.52. The number of hydrazone groups is 1. The number of carboxylic acid groups (broad SMARTS) is 1. The van der Waals surface area contributed by atoms with E-state index in [1.165, 1.54) is 31.4 Å². The molecule has 0 unspecified atom stereocenters. The zero-order valence-electron chi connectivity index (χ0n) is 12.1. The first-order valence-electron chi connectivity index (χ1n) is 6.49. The number of benzene rings is 2. The van der Waals surface area contributed by atoms with Gasteiger partial charge >= 0.3 is 5.97 Å². The molecule has 2 aromatic rings. The summed E-state index contributed by atoms with van der Waals surface area (Å²) in [7, 11) is 1.40. The second-order valence-electron chi connectivity index (χ2n) is 4.54. The van der Waals surface area contributed by atoms with Crippen LogP contribution in [0, 0.1) is 5.82 Å². The lowest BCUT2D eigenvalue weighted by molar-refractivity contribution is 0.0697. The van der Waals surface area contributed by atoms with Crippen LogP contribution in [0.2, 0.25) is 0 Å². The van der Waals surface area contributed by atoms with E-state index in [1.54, 1.807) is 25.1 Å². The lowest BCUT2D eigenvalue weighted by Crippen LogP contribution is -2.01. The summed E-state index contributed by atoms with van der Waals surface area (Å²) in [5, 5.41) is 13.0. The van der Waals surface area contributed by atoms with E-state index in [2.05, 4.69) is 10.5 Å². The summed E-state index contributed by atoms with van der Waals surface area (Å²) in [6.07, 6.45) is 0. The zero-order valence-corrected chi connectivity index (χ0v) is 12.1. The van der Waals surface area contributed by atoms with Gasteiger partial charge in [-0.2, -0.15) is 5.10 Å². The molecule has 2 N–H and O–H groups in total. The Morgan fingerprint density at radius 3 is 2.36 bits per heavy atom. The highest BCUT2D eigenvalue weighted by molar-refractivity contribution is 5.99. The highest BCUT2D eigenvalue weighted by atomic mass is 19.1. The number of methoxy groups -OCH3 is 1. The van der Waals surface area contributed by atoms with Gasteiger partial charge in [0.25, 0.3) is 0 Å². The molecular formula is C16H15FN2O3. The molecule has 114 valence electrons. The quantitative estimate of drug-likeness (QED) is 0.656. The molecule has 2 rings (SSSR count). The van der Waals surface area contributed by atoms with E-state index < -0.39 is 11.8 Å². The third kappa shape index (κ3) is 3.60. The SMILES string of the molecule is COc1ccc(/C(C)=N\Nc2ccc(C(=O)O)cc2)cc1F. The van der Waals surface area contributed by atoms with Crippen LogP contribution in [0.5, 0.6) is 5.75 Å². The molecule has 22 heavy (non-hydrogen) atoms. The van der Waals surface area contributed by atoms with E-state index in [0.717, 1.165) is 0 Å². The van der Waals surface area contributed by atoms with Crippen molar-refractivity contribution in [2.45, 2.75) is 6.92 Å². The van der Waals surface area contributed by atoms with E-state index in [0.29, 0.717) is 17.0 Å². The standard InChI is InChI=1S/C16H15FN2O3/c1-10(12-5-8-15(22-2)14(17)9-12)18-19-13-6-3-11(4-7-13)16(20)21/h3-9,19H,1-2H3,(H,20,21)/b18-10-. The highest BCUT2D eigenvalue weighted by Crippen LogP contribution is 2.18. The Hall–Kier alpha value is -2.89. The molecule has 0 heterocycles. The summed E-state index contributed by atoms with van der Waals surface area (Å²) in [5.74, 6) is -1.27.